The Labute approximate surface area is 180 Å². The summed E-state index contributed by atoms with van der Waals surface area (Å²) in [5, 5.41) is 4.17. The summed E-state index contributed by atoms with van der Waals surface area (Å²) in [7, 11) is 0. The Bertz CT molecular complexity index is 647. The molecule has 2 aliphatic heterocycles. The molecule has 0 aliphatic carbocycles. The monoisotopic (exact) mass is 419 g/mol. The van der Waals surface area contributed by atoms with E-state index in [9.17, 15) is 0 Å². The van der Waals surface area contributed by atoms with Crippen molar-refractivity contribution in [1.29, 1.82) is 0 Å². The largest absolute Gasteiger partial charge is 0.381 e. The number of guanidine groups is 1. The molecule has 1 aromatic rings. The summed E-state index contributed by atoms with van der Waals surface area (Å²) >= 11 is 2.10. The number of nitrogens with one attached hydrogen (secondary N) is 1. The van der Waals surface area contributed by atoms with Gasteiger partial charge in [-0.25, -0.2) is 4.99 Å². The van der Waals surface area contributed by atoms with Crippen molar-refractivity contribution in [2.45, 2.75) is 58.1 Å². The number of thioether (sulfide) groups is 1. The first-order chi connectivity index (χ1) is 14.2. The van der Waals surface area contributed by atoms with Gasteiger partial charge in [0.15, 0.2) is 5.96 Å². The van der Waals surface area contributed by atoms with Crippen molar-refractivity contribution in [2.24, 2.45) is 10.9 Å². The van der Waals surface area contributed by atoms with Gasteiger partial charge in [0, 0.05) is 43.9 Å². The molecule has 1 N–H and O–H groups in total. The molecule has 1 aromatic carbocycles. The summed E-state index contributed by atoms with van der Waals surface area (Å²) < 4.78 is 11.5. The van der Waals surface area contributed by atoms with Crippen LogP contribution in [-0.4, -0.2) is 60.8 Å². The standard InChI is InChI=1S/C23H37N3O2S/c1-4-24-23(26-10-13-29-22(16-26)18(2)3)25-15-19-6-5-7-20(14-19)17-28-21-8-11-27-12-9-21/h5-7,14,18,21-22H,4,8-13,15-17H2,1-3H3,(H,24,25). The fraction of sp³-hybridized carbons (Fsp3) is 0.696. The molecule has 2 heterocycles. The molecule has 162 valence electrons. The fourth-order valence-corrected chi connectivity index (χ4v) is 5.04. The van der Waals surface area contributed by atoms with E-state index in [0.717, 1.165) is 51.6 Å². The third kappa shape index (κ3) is 7.19. The molecule has 0 saturated carbocycles. The lowest BCUT2D eigenvalue weighted by atomic mass is 10.1. The van der Waals surface area contributed by atoms with E-state index in [4.69, 9.17) is 14.5 Å². The van der Waals surface area contributed by atoms with Crippen molar-refractivity contribution in [3.8, 4) is 0 Å². The SMILES string of the molecule is CCNC(=NCc1cccc(COC2CCOCC2)c1)N1CCSC(C(C)C)C1. The van der Waals surface area contributed by atoms with Crippen LogP contribution in [0.15, 0.2) is 29.3 Å². The molecule has 2 saturated heterocycles. The van der Waals surface area contributed by atoms with Gasteiger partial charge in [0.2, 0.25) is 0 Å². The van der Waals surface area contributed by atoms with Gasteiger partial charge < -0.3 is 19.7 Å². The van der Waals surface area contributed by atoms with E-state index >= 15 is 0 Å². The van der Waals surface area contributed by atoms with Crippen LogP contribution in [-0.2, 0) is 22.6 Å². The van der Waals surface area contributed by atoms with Crippen molar-refractivity contribution in [1.82, 2.24) is 10.2 Å². The van der Waals surface area contributed by atoms with E-state index in [1.165, 1.54) is 16.9 Å². The number of aliphatic imine (C=N–C) groups is 1. The molecule has 29 heavy (non-hydrogen) atoms. The maximum absolute atomic E-state index is 6.08. The van der Waals surface area contributed by atoms with Gasteiger partial charge in [-0.3, -0.25) is 0 Å². The highest BCUT2D eigenvalue weighted by atomic mass is 32.2. The van der Waals surface area contributed by atoms with Crippen molar-refractivity contribution < 1.29 is 9.47 Å². The third-order valence-electron chi connectivity index (χ3n) is 5.53. The molecule has 2 aliphatic rings. The first kappa shape index (κ1) is 22.4. The third-order valence-corrected chi connectivity index (χ3v) is 7.07. The van der Waals surface area contributed by atoms with Crippen LogP contribution in [0.1, 0.15) is 44.7 Å². The van der Waals surface area contributed by atoms with Crippen LogP contribution < -0.4 is 5.32 Å². The van der Waals surface area contributed by atoms with E-state index in [2.05, 4.69) is 67.0 Å². The zero-order chi connectivity index (χ0) is 20.5. The molecular formula is C23H37N3O2S. The summed E-state index contributed by atoms with van der Waals surface area (Å²) in [5.41, 5.74) is 2.46. The zero-order valence-corrected chi connectivity index (χ0v) is 19.0. The predicted octanol–water partition coefficient (Wildman–Crippen LogP) is 3.92. The van der Waals surface area contributed by atoms with E-state index in [1.807, 2.05) is 0 Å². The molecule has 6 heteroatoms. The summed E-state index contributed by atoms with van der Waals surface area (Å²) in [6.07, 6.45) is 2.33. The van der Waals surface area contributed by atoms with Crippen LogP contribution in [0.25, 0.3) is 0 Å². The Kier molecular flexibility index (Phi) is 9.15. The number of ether oxygens (including phenoxy) is 2. The summed E-state index contributed by atoms with van der Waals surface area (Å²) in [6.45, 7) is 12.8. The minimum Gasteiger partial charge on any atom is -0.381 e. The lowest BCUT2D eigenvalue weighted by molar-refractivity contribution is -0.0390. The quantitative estimate of drug-likeness (QED) is 0.536. The van der Waals surface area contributed by atoms with Crippen LogP contribution in [0.5, 0.6) is 0 Å². The summed E-state index contributed by atoms with van der Waals surface area (Å²) in [6, 6.07) is 8.66. The molecule has 1 atom stereocenters. The molecule has 3 rings (SSSR count). The summed E-state index contributed by atoms with van der Waals surface area (Å²) in [5.74, 6) is 2.91. The summed E-state index contributed by atoms with van der Waals surface area (Å²) in [4.78, 5) is 7.39. The Morgan fingerprint density at radius 2 is 2.10 bits per heavy atom. The molecule has 2 fully saturated rings. The maximum Gasteiger partial charge on any atom is 0.194 e. The van der Waals surface area contributed by atoms with Crippen molar-refractivity contribution >= 4 is 17.7 Å². The van der Waals surface area contributed by atoms with E-state index in [0.29, 0.717) is 30.4 Å². The Hall–Kier alpha value is -1.24. The van der Waals surface area contributed by atoms with Crippen LogP contribution in [0.4, 0.5) is 0 Å². The van der Waals surface area contributed by atoms with E-state index in [-0.39, 0.29) is 0 Å². The first-order valence-electron chi connectivity index (χ1n) is 11.1. The van der Waals surface area contributed by atoms with Gasteiger partial charge in [0.05, 0.1) is 19.3 Å². The number of rotatable bonds is 7. The minimum absolute atomic E-state index is 0.330. The smallest absolute Gasteiger partial charge is 0.194 e. The second-order valence-electron chi connectivity index (χ2n) is 8.21. The number of nitrogens with zero attached hydrogens (tertiary/aromatic N) is 2. The molecule has 0 amide bonds. The van der Waals surface area contributed by atoms with Gasteiger partial charge >= 0.3 is 0 Å². The van der Waals surface area contributed by atoms with E-state index < -0.39 is 0 Å². The van der Waals surface area contributed by atoms with Crippen LogP contribution in [0.2, 0.25) is 0 Å². The highest BCUT2D eigenvalue weighted by Crippen LogP contribution is 2.25. The normalized spacial score (nSPS) is 21.6. The Morgan fingerprint density at radius 3 is 2.86 bits per heavy atom. The second-order valence-corrected chi connectivity index (χ2v) is 9.56. The van der Waals surface area contributed by atoms with Gasteiger partial charge in [-0.15, -0.1) is 0 Å². The van der Waals surface area contributed by atoms with Crippen molar-refractivity contribution in [2.75, 3.05) is 38.6 Å². The van der Waals surface area contributed by atoms with Gasteiger partial charge in [0.1, 0.15) is 0 Å². The lowest BCUT2D eigenvalue weighted by Gasteiger charge is -2.36. The van der Waals surface area contributed by atoms with Crippen LogP contribution in [0, 0.1) is 5.92 Å². The lowest BCUT2D eigenvalue weighted by Crippen LogP contribution is -2.49. The highest BCUT2D eigenvalue weighted by Gasteiger charge is 2.24. The average Bonchev–Trinajstić information content (AvgIpc) is 2.76. The topological polar surface area (TPSA) is 46.1 Å². The zero-order valence-electron chi connectivity index (χ0n) is 18.2. The van der Waals surface area contributed by atoms with Crippen molar-refractivity contribution in [3.63, 3.8) is 0 Å². The molecule has 0 bridgehead atoms. The molecule has 0 spiro atoms. The van der Waals surface area contributed by atoms with Gasteiger partial charge in [0.25, 0.3) is 0 Å². The second kappa shape index (κ2) is 11.8. The number of hydrogen-bond acceptors (Lipinski definition) is 4. The van der Waals surface area contributed by atoms with Gasteiger partial charge in [-0.2, -0.15) is 11.8 Å². The number of hydrogen-bond donors (Lipinski definition) is 1. The van der Waals surface area contributed by atoms with E-state index in [1.54, 1.807) is 0 Å². The molecule has 5 nitrogen and oxygen atoms in total. The average molecular weight is 420 g/mol. The fourth-order valence-electron chi connectivity index (χ4n) is 3.74. The minimum atomic E-state index is 0.330. The van der Waals surface area contributed by atoms with Crippen molar-refractivity contribution in [3.05, 3.63) is 35.4 Å². The molecular weight excluding hydrogens is 382 g/mol. The van der Waals surface area contributed by atoms with Gasteiger partial charge in [-0.1, -0.05) is 38.1 Å². The highest BCUT2D eigenvalue weighted by molar-refractivity contribution is 8.00. The van der Waals surface area contributed by atoms with Crippen LogP contribution in [0.3, 0.4) is 0 Å². The Balaban J connectivity index is 1.58. The van der Waals surface area contributed by atoms with Gasteiger partial charge in [-0.05, 0) is 36.8 Å². The van der Waals surface area contributed by atoms with Crippen LogP contribution >= 0.6 is 11.8 Å². The molecule has 0 radical (unpaired) electrons. The number of benzene rings is 1. The Morgan fingerprint density at radius 1 is 1.31 bits per heavy atom. The molecule has 1 unspecified atom stereocenters. The maximum atomic E-state index is 6.08. The molecule has 0 aromatic heterocycles. The predicted molar refractivity (Wildman–Crippen MR) is 123 cm³/mol. The first-order valence-corrected chi connectivity index (χ1v) is 12.1.